The Morgan fingerprint density at radius 1 is 0.938 bits per heavy atom. The van der Waals surface area contributed by atoms with E-state index in [1.165, 1.54) is 0 Å². The molecule has 0 fully saturated rings. The Morgan fingerprint density at radius 3 is 2.22 bits per heavy atom. The van der Waals surface area contributed by atoms with Gasteiger partial charge in [0.2, 0.25) is 0 Å². The number of benzene rings is 3. The van der Waals surface area contributed by atoms with Crippen molar-refractivity contribution in [2.24, 2.45) is 0 Å². The van der Waals surface area contributed by atoms with E-state index < -0.39 is 18.1 Å². The van der Waals surface area contributed by atoms with E-state index in [-0.39, 0.29) is 18.9 Å². The van der Waals surface area contributed by atoms with Crippen molar-refractivity contribution in [3.63, 3.8) is 0 Å². The van der Waals surface area contributed by atoms with Gasteiger partial charge in [-0.2, -0.15) is 0 Å². The molecule has 3 aromatic carbocycles. The van der Waals surface area contributed by atoms with Crippen molar-refractivity contribution < 1.29 is 19.4 Å². The van der Waals surface area contributed by atoms with Gasteiger partial charge >= 0.3 is 12.1 Å². The third kappa shape index (κ3) is 3.71. The number of carboxylic acids is 1. The predicted octanol–water partition coefficient (Wildman–Crippen LogP) is 4.70. The van der Waals surface area contributed by atoms with E-state index in [1.54, 1.807) is 0 Å². The number of para-hydroxylation sites is 1. The number of hydrogen-bond acceptors (Lipinski definition) is 3. The third-order valence-corrected chi connectivity index (χ3v) is 5.94. The van der Waals surface area contributed by atoms with E-state index in [4.69, 9.17) is 4.74 Å². The van der Waals surface area contributed by atoms with Crippen LogP contribution in [0, 0.1) is 0 Å². The second kappa shape index (κ2) is 8.23. The number of amides is 1. The number of H-pyrrole nitrogens is 1. The number of rotatable bonds is 6. The van der Waals surface area contributed by atoms with Crippen molar-refractivity contribution in [3.8, 4) is 11.1 Å². The van der Waals surface area contributed by atoms with E-state index in [0.29, 0.717) is 0 Å². The average molecular weight is 426 g/mol. The summed E-state index contributed by atoms with van der Waals surface area (Å²) in [6, 6.07) is 24.6. The first-order valence-electron chi connectivity index (χ1n) is 10.5. The van der Waals surface area contributed by atoms with Crippen LogP contribution in [0.4, 0.5) is 4.79 Å². The first kappa shape index (κ1) is 19.9. The molecule has 1 atom stereocenters. The third-order valence-electron chi connectivity index (χ3n) is 5.94. The van der Waals surface area contributed by atoms with E-state index in [0.717, 1.165) is 38.9 Å². The Morgan fingerprint density at radius 2 is 1.56 bits per heavy atom. The van der Waals surface area contributed by atoms with Crippen molar-refractivity contribution in [1.29, 1.82) is 0 Å². The first-order valence-corrected chi connectivity index (χ1v) is 10.5. The van der Waals surface area contributed by atoms with Crippen LogP contribution in [0.15, 0.2) is 78.9 Å². The molecule has 4 aromatic rings. The van der Waals surface area contributed by atoms with E-state index in [9.17, 15) is 14.7 Å². The molecule has 0 saturated carbocycles. The second-order valence-corrected chi connectivity index (χ2v) is 7.95. The molecular weight excluding hydrogens is 404 g/mol. The lowest BCUT2D eigenvalue weighted by molar-refractivity contribution is -0.139. The minimum absolute atomic E-state index is 0.0786. The lowest BCUT2D eigenvalue weighted by atomic mass is 9.98. The quantitative estimate of drug-likeness (QED) is 0.417. The van der Waals surface area contributed by atoms with Gasteiger partial charge < -0.3 is 20.1 Å². The number of alkyl carbamates (subject to hydrolysis) is 1. The zero-order chi connectivity index (χ0) is 22.1. The average Bonchev–Trinajstić information content (AvgIpc) is 3.35. The Labute approximate surface area is 184 Å². The molecule has 160 valence electrons. The molecule has 0 radical (unpaired) electrons. The zero-order valence-corrected chi connectivity index (χ0v) is 17.2. The Kier molecular flexibility index (Phi) is 5.11. The number of carbonyl (C=O) groups excluding carboxylic acids is 1. The van der Waals surface area contributed by atoms with E-state index in [2.05, 4.69) is 22.4 Å². The number of aliphatic carboxylic acids is 1. The highest BCUT2D eigenvalue weighted by atomic mass is 16.5. The molecule has 32 heavy (non-hydrogen) atoms. The fourth-order valence-corrected chi connectivity index (χ4v) is 4.45. The molecular formula is C26H22N2O4. The monoisotopic (exact) mass is 426 g/mol. The zero-order valence-electron chi connectivity index (χ0n) is 17.2. The standard InChI is InChI=1S/C26H22N2O4/c29-25(30)24(14-17-13-16-7-1-6-12-23(16)27-17)28-26(31)32-15-22-20-10-4-2-8-18(20)19-9-3-5-11-21(19)22/h1-13,22,24,27H,14-15H2,(H,28,31)(H,29,30)/t24-/m1/s1. The van der Waals surface area contributed by atoms with Gasteiger partial charge in [0.05, 0.1) is 0 Å². The summed E-state index contributed by atoms with van der Waals surface area (Å²) in [5, 5.41) is 13.1. The fourth-order valence-electron chi connectivity index (χ4n) is 4.45. The van der Waals surface area contributed by atoms with Crippen molar-refractivity contribution in [2.45, 2.75) is 18.4 Å². The summed E-state index contributed by atoms with van der Waals surface area (Å²) in [6.45, 7) is 0.137. The van der Waals surface area contributed by atoms with Crippen LogP contribution >= 0.6 is 0 Å². The first-order chi connectivity index (χ1) is 15.6. The molecule has 0 saturated heterocycles. The van der Waals surface area contributed by atoms with Crippen LogP contribution in [0.5, 0.6) is 0 Å². The molecule has 3 N–H and O–H groups in total. The van der Waals surface area contributed by atoms with E-state index in [1.807, 2.05) is 66.7 Å². The molecule has 5 rings (SSSR count). The largest absolute Gasteiger partial charge is 0.480 e. The SMILES string of the molecule is O=C(N[C@H](Cc1cc2ccccc2[nH]1)C(=O)O)OCC1c2ccccc2-c2ccccc21. The lowest BCUT2D eigenvalue weighted by Gasteiger charge is -2.17. The Bertz CT molecular complexity index is 1230. The van der Waals surface area contributed by atoms with Crippen molar-refractivity contribution in [2.75, 3.05) is 6.61 Å². The number of ether oxygens (including phenoxy) is 1. The van der Waals surface area contributed by atoms with Crippen LogP contribution < -0.4 is 5.32 Å². The number of hydrogen-bond donors (Lipinski definition) is 3. The summed E-state index contributed by atoms with van der Waals surface area (Å²) in [6.07, 6.45) is -0.607. The molecule has 1 amide bonds. The highest BCUT2D eigenvalue weighted by Gasteiger charge is 2.29. The van der Waals surface area contributed by atoms with Crippen LogP contribution in [0.3, 0.4) is 0 Å². The molecule has 1 aromatic heterocycles. The molecule has 0 unspecified atom stereocenters. The van der Waals surface area contributed by atoms with Crippen molar-refractivity contribution in [1.82, 2.24) is 10.3 Å². The molecule has 0 bridgehead atoms. The summed E-state index contributed by atoms with van der Waals surface area (Å²) in [7, 11) is 0. The highest BCUT2D eigenvalue weighted by Crippen LogP contribution is 2.44. The normalized spacial score (nSPS) is 13.4. The molecule has 1 aliphatic carbocycles. The van der Waals surface area contributed by atoms with Crippen molar-refractivity contribution in [3.05, 3.63) is 95.7 Å². The molecule has 0 spiro atoms. The van der Waals surface area contributed by atoms with Crippen LogP contribution in [-0.2, 0) is 16.0 Å². The molecule has 6 nitrogen and oxygen atoms in total. The molecule has 0 aliphatic heterocycles. The van der Waals surface area contributed by atoms with Gasteiger partial charge in [-0.25, -0.2) is 9.59 Å². The fraction of sp³-hybridized carbons (Fsp3) is 0.154. The van der Waals surface area contributed by atoms with Crippen LogP contribution in [0.2, 0.25) is 0 Å². The summed E-state index contributed by atoms with van der Waals surface area (Å²) >= 11 is 0. The number of carboxylic acid groups (broad SMARTS) is 1. The van der Waals surface area contributed by atoms with Gasteiger partial charge in [0, 0.05) is 23.5 Å². The van der Waals surface area contributed by atoms with E-state index >= 15 is 0 Å². The summed E-state index contributed by atoms with van der Waals surface area (Å²) < 4.78 is 5.49. The summed E-state index contributed by atoms with van der Waals surface area (Å²) in [5.41, 5.74) is 6.15. The maximum atomic E-state index is 12.5. The predicted molar refractivity (Wildman–Crippen MR) is 122 cm³/mol. The molecule has 1 aliphatic rings. The second-order valence-electron chi connectivity index (χ2n) is 7.95. The van der Waals surface area contributed by atoms with Gasteiger partial charge in [-0.3, -0.25) is 0 Å². The Hall–Kier alpha value is -4.06. The van der Waals surface area contributed by atoms with Gasteiger partial charge in [-0.1, -0.05) is 66.7 Å². The van der Waals surface area contributed by atoms with Gasteiger partial charge in [0.25, 0.3) is 0 Å². The van der Waals surface area contributed by atoms with Gasteiger partial charge in [0.1, 0.15) is 12.6 Å². The summed E-state index contributed by atoms with van der Waals surface area (Å²) in [4.78, 5) is 27.4. The van der Waals surface area contributed by atoms with Crippen molar-refractivity contribution >= 4 is 23.0 Å². The minimum Gasteiger partial charge on any atom is -0.480 e. The number of carbonyl (C=O) groups is 2. The highest BCUT2D eigenvalue weighted by molar-refractivity contribution is 5.83. The molecule has 6 heteroatoms. The van der Waals surface area contributed by atoms with Crippen LogP contribution in [-0.4, -0.2) is 34.8 Å². The topological polar surface area (TPSA) is 91.4 Å². The summed E-state index contributed by atoms with van der Waals surface area (Å²) in [5.74, 6) is -1.19. The molecule has 1 heterocycles. The van der Waals surface area contributed by atoms with Crippen LogP contribution in [0.1, 0.15) is 22.7 Å². The smallest absolute Gasteiger partial charge is 0.407 e. The number of fused-ring (bicyclic) bond motifs is 4. The van der Waals surface area contributed by atoms with Gasteiger partial charge in [-0.05, 0) is 39.8 Å². The minimum atomic E-state index is -1.11. The maximum Gasteiger partial charge on any atom is 0.407 e. The number of nitrogens with one attached hydrogen (secondary N) is 2. The number of aromatic amines is 1. The number of aromatic nitrogens is 1. The lowest BCUT2D eigenvalue weighted by Crippen LogP contribution is -2.43. The van der Waals surface area contributed by atoms with Gasteiger partial charge in [-0.15, -0.1) is 0 Å². The van der Waals surface area contributed by atoms with Gasteiger partial charge in [0.15, 0.2) is 0 Å². The Balaban J connectivity index is 1.27. The maximum absolute atomic E-state index is 12.5. The van der Waals surface area contributed by atoms with Crippen LogP contribution in [0.25, 0.3) is 22.0 Å².